The summed E-state index contributed by atoms with van der Waals surface area (Å²) in [5, 5.41) is 11.4. The van der Waals surface area contributed by atoms with Gasteiger partial charge in [0.2, 0.25) is 0 Å². The van der Waals surface area contributed by atoms with E-state index in [1.165, 1.54) is 74.0 Å². The van der Waals surface area contributed by atoms with Gasteiger partial charge >= 0.3 is 0 Å². The van der Waals surface area contributed by atoms with E-state index in [1.807, 2.05) is 0 Å². The Morgan fingerprint density at radius 2 is 1.47 bits per heavy atom. The Labute approximate surface area is 210 Å². The second-order valence-corrected chi connectivity index (χ2v) is 13.4. The maximum absolute atomic E-state index is 11.4. The Balaban J connectivity index is 2.85. The van der Waals surface area contributed by atoms with Crippen LogP contribution in [0.1, 0.15) is 107 Å². The van der Waals surface area contributed by atoms with Crippen molar-refractivity contribution in [3.05, 3.63) is 23.3 Å². The molecular formula is C29H54OS2. The van der Waals surface area contributed by atoms with Crippen molar-refractivity contribution in [2.45, 2.75) is 113 Å². The van der Waals surface area contributed by atoms with E-state index in [2.05, 4.69) is 91.1 Å². The van der Waals surface area contributed by atoms with Gasteiger partial charge in [-0.1, -0.05) is 106 Å². The van der Waals surface area contributed by atoms with E-state index in [-0.39, 0.29) is 16.9 Å². The highest BCUT2D eigenvalue weighted by atomic mass is 32.2. The third-order valence-electron chi connectivity index (χ3n) is 7.12. The smallest absolute Gasteiger partial charge is 0.0854 e. The van der Waals surface area contributed by atoms with Gasteiger partial charge in [0.05, 0.1) is 6.10 Å². The molecule has 0 saturated carbocycles. The van der Waals surface area contributed by atoms with Gasteiger partial charge in [-0.25, -0.2) is 0 Å². The Kier molecular flexibility index (Phi) is 14.3. The third-order valence-corrected chi connectivity index (χ3v) is 9.89. The molecule has 4 atom stereocenters. The molecule has 1 aliphatic carbocycles. The molecule has 1 N–H and O–H groups in total. The molecular weight excluding hydrogens is 428 g/mol. The van der Waals surface area contributed by atoms with Crippen LogP contribution in [0.4, 0.5) is 0 Å². The molecule has 1 aliphatic rings. The Hall–Kier alpha value is 0.140. The average Bonchev–Trinajstić information content (AvgIpc) is 2.74. The van der Waals surface area contributed by atoms with Crippen LogP contribution < -0.4 is 0 Å². The summed E-state index contributed by atoms with van der Waals surface area (Å²) < 4.78 is 0. The van der Waals surface area contributed by atoms with Gasteiger partial charge in [0.1, 0.15) is 0 Å². The summed E-state index contributed by atoms with van der Waals surface area (Å²) in [6.45, 7) is 18.3. The summed E-state index contributed by atoms with van der Waals surface area (Å²) in [6, 6.07) is 0. The summed E-state index contributed by atoms with van der Waals surface area (Å²) in [5.74, 6) is 6.22. The summed E-state index contributed by atoms with van der Waals surface area (Å²) in [5.41, 5.74) is 2.47. The van der Waals surface area contributed by atoms with Crippen molar-refractivity contribution >= 4 is 23.5 Å². The molecule has 188 valence electrons. The summed E-state index contributed by atoms with van der Waals surface area (Å²) >= 11 is 4.16. The zero-order valence-corrected chi connectivity index (χ0v) is 24.3. The van der Waals surface area contributed by atoms with Crippen LogP contribution in [0.25, 0.3) is 0 Å². The number of rotatable bonds is 16. The van der Waals surface area contributed by atoms with Gasteiger partial charge in [-0.3, -0.25) is 0 Å². The zero-order chi connectivity index (χ0) is 24.2. The van der Waals surface area contributed by atoms with Crippen molar-refractivity contribution in [3.8, 4) is 0 Å². The minimum atomic E-state index is -0.382. The molecule has 0 aliphatic heterocycles. The largest absolute Gasteiger partial charge is 0.388 e. The van der Waals surface area contributed by atoms with E-state index in [0.29, 0.717) is 0 Å². The predicted molar refractivity (Wildman–Crippen MR) is 151 cm³/mol. The predicted octanol–water partition coefficient (Wildman–Crippen LogP) is 9.17. The van der Waals surface area contributed by atoms with Crippen LogP contribution in [0.15, 0.2) is 23.3 Å². The highest BCUT2D eigenvalue weighted by molar-refractivity contribution is 7.99. The number of hydrogen-bond acceptors (Lipinski definition) is 3. The normalized spacial score (nSPS) is 23.6. The maximum Gasteiger partial charge on any atom is 0.0854 e. The van der Waals surface area contributed by atoms with Crippen molar-refractivity contribution < 1.29 is 5.11 Å². The van der Waals surface area contributed by atoms with E-state index >= 15 is 0 Å². The van der Waals surface area contributed by atoms with Crippen LogP contribution in [0, 0.1) is 22.7 Å². The van der Waals surface area contributed by atoms with Crippen molar-refractivity contribution in [3.63, 3.8) is 0 Å². The molecule has 0 bridgehead atoms. The van der Waals surface area contributed by atoms with Gasteiger partial charge in [0, 0.05) is 16.9 Å². The number of thioether (sulfide) groups is 2. The van der Waals surface area contributed by atoms with E-state index in [4.69, 9.17) is 0 Å². The maximum atomic E-state index is 11.4. The number of unbranched alkanes of at least 4 members (excludes halogenated alkanes) is 2. The van der Waals surface area contributed by atoms with Gasteiger partial charge in [-0.05, 0) is 52.7 Å². The lowest BCUT2D eigenvalue weighted by atomic mass is 9.69. The highest BCUT2D eigenvalue weighted by Crippen LogP contribution is 2.44. The number of aliphatic hydroxyl groups excluding tert-OH is 1. The first-order valence-electron chi connectivity index (χ1n) is 13.4. The van der Waals surface area contributed by atoms with Crippen molar-refractivity contribution in [2.75, 3.05) is 23.0 Å². The Morgan fingerprint density at radius 3 is 1.94 bits per heavy atom. The molecule has 1 nitrogen and oxygen atoms in total. The molecule has 1 rings (SSSR count). The molecule has 0 aromatic rings. The molecule has 4 unspecified atom stereocenters. The average molecular weight is 483 g/mol. The van der Waals surface area contributed by atoms with Crippen LogP contribution in [0.2, 0.25) is 0 Å². The molecule has 32 heavy (non-hydrogen) atoms. The second-order valence-electron chi connectivity index (χ2n) is 11.3. The molecule has 0 fully saturated rings. The summed E-state index contributed by atoms with van der Waals surface area (Å²) in [4.78, 5) is 0. The zero-order valence-electron chi connectivity index (χ0n) is 22.6. The van der Waals surface area contributed by atoms with Gasteiger partial charge in [0.15, 0.2) is 0 Å². The molecule has 0 aromatic heterocycles. The Morgan fingerprint density at radius 1 is 0.938 bits per heavy atom. The van der Waals surface area contributed by atoms with Crippen molar-refractivity contribution in [2.24, 2.45) is 22.7 Å². The molecule has 0 radical (unpaired) electrons. The van der Waals surface area contributed by atoms with Gasteiger partial charge in [-0.15, -0.1) is 0 Å². The minimum Gasteiger partial charge on any atom is -0.388 e. The van der Waals surface area contributed by atoms with Gasteiger partial charge in [0.25, 0.3) is 0 Å². The molecule has 3 heteroatoms. The lowest BCUT2D eigenvalue weighted by molar-refractivity contribution is 0.0964. The molecule has 0 heterocycles. The fourth-order valence-electron chi connectivity index (χ4n) is 4.59. The standard InChI is InChI=1S/C29H54OS2/c1-9-13-15-23(11-3)19-31-21-25-17-26(28(5,6)7)27(30)29(8,18-25)22-32-20-24(12-4)16-14-10-2/h17-18,23-24,27,30H,9-16,19-22H2,1-8H3. The quantitative estimate of drug-likeness (QED) is 0.237. The summed E-state index contributed by atoms with van der Waals surface area (Å²) in [7, 11) is 0. The fourth-order valence-corrected chi connectivity index (χ4v) is 7.38. The van der Waals surface area contributed by atoms with Gasteiger partial charge in [-0.2, -0.15) is 23.5 Å². The molecule has 0 spiro atoms. The van der Waals surface area contributed by atoms with E-state index in [1.54, 1.807) is 0 Å². The first-order valence-corrected chi connectivity index (χ1v) is 15.7. The highest BCUT2D eigenvalue weighted by Gasteiger charge is 2.40. The van der Waals surface area contributed by atoms with Crippen LogP contribution in [0.3, 0.4) is 0 Å². The first-order chi connectivity index (χ1) is 15.1. The lowest BCUT2D eigenvalue weighted by Crippen LogP contribution is -2.41. The van der Waals surface area contributed by atoms with Crippen molar-refractivity contribution in [1.82, 2.24) is 0 Å². The van der Waals surface area contributed by atoms with E-state index < -0.39 is 0 Å². The van der Waals surface area contributed by atoms with Gasteiger partial charge < -0.3 is 5.11 Å². The van der Waals surface area contributed by atoms with Crippen LogP contribution in [-0.4, -0.2) is 34.2 Å². The fraction of sp³-hybridized carbons (Fsp3) is 0.862. The Bertz CT molecular complexity index is 574. The summed E-state index contributed by atoms with van der Waals surface area (Å²) in [6.07, 6.45) is 14.9. The van der Waals surface area contributed by atoms with Crippen LogP contribution in [-0.2, 0) is 0 Å². The topological polar surface area (TPSA) is 20.2 Å². The monoisotopic (exact) mass is 482 g/mol. The molecule has 0 saturated heterocycles. The number of hydrogen-bond donors (Lipinski definition) is 1. The van der Waals surface area contributed by atoms with E-state index in [0.717, 1.165) is 23.3 Å². The minimum absolute atomic E-state index is 0.00429. The van der Waals surface area contributed by atoms with Crippen LogP contribution >= 0.6 is 23.5 Å². The van der Waals surface area contributed by atoms with Crippen molar-refractivity contribution in [1.29, 1.82) is 0 Å². The first kappa shape index (κ1) is 30.2. The number of allylic oxidation sites excluding steroid dienone is 1. The third kappa shape index (κ3) is 10.2. The molecule has 0 aromatic carbocycles. The SMILES string of the molecule is CCCCC(CC)CSCC1=CC(C)(CSCC(CC)CCCC)C(O)C(C(C)(C)C)=C1. The molecule has 0 amide bonds. The second kappa shape index (κ2) is 15.2. The van der Waals surface area contributed by atoms with Crippen LogP contribution in [0.5, 0.6) is 0 Å². The van der Waals surface area contributed by atoms with E-state index in [9.17, 15) is 5.11 Å². The number of aliphatic hydroxyl groups is 1. The lowest BCUT2D eigenvalue weighted by Gasteiger charge is -2.41.